The van der Waals surface area contributed by atoms with Crippen molar-refractivity contribution in [1.82, 2.24) is 19.5 Å². The zero-order chi connectivity index (χ0) is 45.4. The number of hydrogen-bond acceptors (Lipinski definition) is 5. The van der Waals surface area contributed by atoms with Crippen molar-refractivity contribution >= 4 is 65.7 Å². The van der Waals surface area contributed by atoms with Crippen molar-refractivity contribution in [1.29, 1.82) is 0 Å². The smallest absolute Gasteiger partial charge is 0.167 e. The second kappa shape index (κ2) is 15.6. The van der Waals surface area contributed by atoms with Gasteiger partial charge in [-0.3, -0.25) is 0 Å². The number of furan rings is 2. The Hall–Kier alpha value is -9.39. The molecule has 6 nitrogen and oxygen atoms in total. The van der Waals surface area contributed by atoms with E-state index in [1.807, 2.05) is 42.5 Å². The molecule has 0 unspecified atom stereocenters. The molecule has 6 heteroatoms. The third-order valence-corrected chi connectivity index (χ3v) is 13.5. The fraction of sp³-hybridized carbons (Fsp3) is 0. The van der Waals surface area contributed by atoms with Crippen LogP contribution in [0.5, 0.6) is 0 Å². The first-order valence-corrected chi connectivity index (χ1v) is 23.2. The van der Waals surface area contributed by atoms with Crippen LogP contribution >= 0.6 is 0 Å². The summed E-state index contributed by atoms with van der Waals surface area (Å²) in [5, 5.41) is 6.54. The van der Waals surface area contributed by atoms with Gasteiger partial charge in [0.05, 0.1) is 27.7 Å². The molecule has 0 spiro atoms. The first-order valence-electron chi connectivity index (χ1n) is 23.2. The van der Waals surface area contributed by atoms with Gasteiger partial charge in [-0.25, -0.2) is 15.0 Å². The van der Waals surface area contributed by atoms with Crippen LogP contribution < -0.4 is 0 Å². The number of aromatic nitrogens is 4. The maximum atomic E-state index is 6.74. The predicted octanol–water partition coefficient (Wildman–Crippen LogP) is 16.8. The van der Waals surface area contributed by atoms with Crippen LogP contribution in [0.2, 0.25) is 0 Å². The first-order chi connectivity index (χ1) is 34.2. The summed E-state index contributed by atoms with van der Waals surface area (Å²) in [6.45, 7) is 0. The van der Waals surface area contributed by atoms with Gasteiger partial charge in [0.15, 0.2) is 17.5 Å². The van der Waals surface area contributed by atoms with Crippen LogP contribution in [0.3, 0.4) is 0 Å². The molecule has 322 valence electrons. The Kier molecular flexibility index (Phi) is 8.79. The van der Waals surface area contributed by atoms with Crippen LogP contribution in [0.25, 0.3) is 139 Å². The van der Waals surface area contributed by atoms with Gasteiger partial charge in [0.1, 0.15) is 22.3 Å². The second-order valence-corrected chi connectivity index (χ2v) is 17.5. The minimum Gasteiger partial charge on any atom is -0.456 e. The molecule has 0 saturated heterocycles. The van der Waals surface area contributed by atoms with Crippen molar-refractivity contribution in [3.8, 4) is 73.2 Å². The van der Waals surface area contributed by atoms with Crippen molar-refractivity contribution in [2.75, 3.05) is 0 Å². The molecule has 14 aromatic rings. The van der Waals surface area contributed by atoms with Crippen LogP contribution in [0.15, 0.2) is 239 Å². The van der Waals surface area contributed by atoms with Gasteiger partial charge in [-0.15, -0.1) is 0 Å². The van der Waals surface area contributed by atoms with Gasteiger partial charge in [-0.05, 0) is 94.0 Å². The highest BCUT2D eigenvalue weighted by Crippen LogP contribution is 2.42. The average molecular weight is 883 g/mol. The summed E-state index contributed by atoms with van der Waals surface area (Å²) in [5.74, 6) is 1.73. The van der Waals surface area contributed by atoms with E-state index < -0.39 is 0 Å². The Morgan fingerprint density at radius 2 is 0.783 bits per heavy atom. The molecule has 14 rings (SSSR count). The van der Waals surface area contributed by atoms with Gasteiger partial charge in [0.2, 0.25) is 0 Å². The maximum absolute atomic E-state index is 6.74. The molecule has 0 aliphatic heterocycles. The first kappa shape index (κ1) is 38.8. The van der Waals surface area contributed by atoms with Gasteiger partial charge in [0.25, 0.3) is 0 Å². The molecule has 0 N–H and O–H groups in total. The summed E-state index contributed by atoms with van der Waals surface area (Å²) in [5.41, 5.74) is 16.0. The number of hydrogen-bond donors (Lipinski definition) is 0. The van der Waals surface area contributed by atoms with E-state index in [-0.39, 0.29) is 0 Å². The lowest BCUT2D eigenvalue weighted by Gasteiger charge is -2.10. The molecule has 0 radical (unpaired) electrons. The molecule has 0 aliphatic rings. The SMILES string of the molecule is c1ccc(-c2ccc(-c3nc(-c4ccccc4)nc(-c4cccc5c4oc4ccc(-c6ccc7oc8cccc(-n9c%10ccccc%10c%10cc(-c%11ccccc%11)ccc%109)c8c7c6)cc45)n3)cc2)cc1. The Morgan fingerprint density at radius 3 is 1.52 bits per heavy atom. The van der Waals surface area contributed by atoms with E-state index in [0.29, 0.717) is 17.5 Å². The summed E-state index contributed by atoms with van der Waals surface area (Å²) in [7, 11) is 0. The molecule has 0 bridgehead atoms. The maximum Gasteiger partial charge on any atom is 0.167 e. The second-order valence-electron chi connectivity index (χ2n) is 17.5. The normalized spacial score (nSPS) is 11.8. The highest BCUT2D eigenvalue weighted by molar-refractivity contribution is 6.16. The van der Waals surface area contributed by atoms with E-state index in [4.69, 9.17) is 23.8 Å². The Bertz CT molecular complexity index is 4290. The molecule has 0 amide bonds. The van der Waals surface area contributed by atoms with E-state index in [1.54, 1.807) is 0 Å². The fourth-order valence-corrected chi connectivity index (χ4v) is 10.2. The van der Waals surface area contributed by atoms with Crippen LogP contribution in [-0.4, -0.2) is 19.5 Å². The number of nitrogens with zero attached hydrogens (tertiary/aromatic N) is 4. The predicted molar refractivity (Wildman–Crippen MR) is 281 cm³/mol. The lowest BCUT2D eigenvalue weighted by Crippen LogP contribution is -2.00. The van der Waals surface area contributed by atoms with E-state index in [9.17, 15) is 0 Å². The molecule has 4 aromatic heterocycles. The third kappa shape index (κ3) is 6.45. The molecule has 69 heavy (non-hydrogen) atoms. The molecule has 0 atom stereocenters. The van der Waals surface area contributed by atoms with E-state index in [0.717, 1.165) is 99.5 Å². The van der Waals surface area contributed by atoms with Crippen molar-refractivity contribution in [3.05, 3.63) is 231 Å². The summed E-state index contributed by atoms with van der Waals surface area (Å²) in [6.07, 6.45) is 0. The van der Waals surface area contributed by atoms with Gasteiger partial charge < -0.3 is 13.4 Å². The fourth-order valence-electron chi connectivity index (χ4n) is 10.2. The Morgan fingerprint density at radius 1 is 0.290 bits per heavy atom. The minimum atomic E-state index is 0.545. The molecule has 10 aromatic carbocycles. The molecular formula is C63H38N4O2. The summed E-state index contributed by atoms with van der Waals surface area (Å²) >= 11 is 0. The third-order valence-electron chi connectivity index (χ3n) is 13.5. The molecular weight excluding hydrogens is 845 g/mol. The number of rotatable bonds is 7. The summed E-state index contributed by atoms with van der Waals surface area (Å²) in [6, 6.07) is 80.4. The van der Waals surface area contributed by atoms with Crippen LogP contribution in [0.4, 0.5) is 0 Å². The van der Waals surface area contributed by atoms with Gasteiger partial charge >= 0.3 is 0 Å². The summed E-state index contributed by atoms with van der Waals surface area (Å²) in [4.78, 5) is 15.2. The lowest BCUT2D eigenvalue weighted by molar-refractivity contribution is 0.668. The largest absolute Gasteiger partial charge is 0.456 e. The van der Waals surface area contributed by atoms with E-state index in [2.05, 4.69) is 193 Å². The van der Waals surface area contributed by atoms with Crippen molar-refractivity contribution < 1.29 is 8.83 Å². The molecule has 0 fully saturated rings. The topological polar surface area (TPSA) is 69.9 Å². The Labute approximate surface area is 396 Å². The standard InChI is InChI=1S/C63H38N4O2/c1-4-14-39(15-5-1)41-26-28-43(29-27-41)62-64-61(42-18-8-3-9-19-42)65-63(66-62)49-22-12-21-48-51-37-45(31-34-56(51)69-60(48)49)46-32-35-57-52(38-46)59-55(24-13-25-58(59)68-57)67-53-23-11-10-20-47(53)50-36-44(30-33-54(50)67)40-16-6-2-7-17-40/h1-38H. The highest BCUT2D eigenvalue weighted by atomic mass is 16.3. The van der Waals surface area contributed by atoms with Crippen molar-refractivity contribution in [2.45, 2.75) is 0 Å². The van der Waals surface area contributed by atoms with Gasteiger partial charge in [0, 0.05) is 38.1 Å². The molecule has 4 heterocycles. The number of fused-ring (bicyclic) bond motifs is 9. The monoisotopic (exact) mass is 882 g/mol. The van der Waals surface area contributed by atoms with Crippen LogP contribution in [0.1, 0.15) is 0 Å². The lowest BCUT2D eigenvalue weighted by atomic mass is 10.00. The summed E-state index contributed by atoms with van der Waals surface area (Å²) < 4.78 is 15.7. The number of para-hydroxylation sites is 2. The Balaban J connectivity index is 0.883. The van der Waals surface area contributed by atoms with Crippen LogP contribution in [0, 0.1) is 0 Å². The molecule has 0 aliphatic carbocycles. The minimum absolute atomic E-state index is 0.545. The van der Waals surface area contributed by atoms with Crippen molar-refractivity contribution in [2.24, 2.45) is 0 Å². The highest BCUT2D eigenvalue weighted by Gasteiger charge is 2.21. The zero-order valence-electron chi connectivity index (χ0n) is 37.0. The van der Waals surface area contributed by atoms with Gasteiger partial charge in [-0.1, -0.05) is 170 Å². The van der Waals surface area contributed by atoms with Crippen LogP contribution in [-0.2, 0) is 0 Å². The van der Waals surface area contributed by atoms with Crippen molar-refractivity contribution in [3.63, 3.8) is 0 Å². The average Bonchev–Trinajstić information content (AvgIpc) is 4.10. The van der Waals surface area contributed by atoms with E-state index in [1.165, 1.54) is 21.9 Å². The van der Waals surface area contributed by atoms with E-state index >= 15 is 0 Å². The quantitative estimate of drug-likeness (QED) is 0.159. The molecule has 0 saturated carbocycles. The van der Waals surface area contributed by atoms with Gasteiger partial charge in [-0.2, -0.15) is 0 Å². The number of benzene rings is 10. The zero-order valence-corrected chi connectivity index (χ0v) is 37.0.